The van der Waals surface area contributed by atoms with E-state index >= 15 is 0 Å². The molecule has 2 aromatic rings. The maximum absolute atomic E-state index is 12.7. The van der Waals surface area contributed by atoms with E-state index in [0.29, 0.717) is 19.4 Å². The summed E-state index contributed by atoms with van der Waals surface area (Å²) in [7, 11) is 0. The summed E-state index contributed by atoms with van der Waals surface area (Å²) >= 11 is 0. The number of nitrogens with zero attached hydrogens (tertiary/aromatic N) is 1. The number of hydrogen-bond acceptors (Lipinski definition) is 4. The summed E-state index contributed by atoms with van der Waals surface area (Å²) in [4.78, 5) is 38.2. The van der Waals surface area contributed by atoms with Crippen molar-refractivity contribution >= 4 is 18.0 Å². The largest absolute Gasteiger partial charge is 0.480 e. The quantitative estimate of drug-likeness (QED) is 0.750. The molecule has 1 aliphatic heterocycles. The van der Waals surface area contributed by atoms with Crippen LogP contribution in [0, 0.1) is 0 Å². The molecule has 1 fully saturated rings. The standard InChI is InChI=1S/C22H24N2O5/c25-20(23-18(21(26)27)14-16-8-3-1-4-9-16)19-12-7-13-24(19)22(28)29-15-17-10-5-2-6-11-17/h1-6,8-11,18-19H,7,12-15H2,(H,23,25)(H,26,27)/t18-,19+/m0/s1. The van der Waals surface area contributed by atoms with Gasteiger partial charge in [0.05, 0.1) is 0 Å². The van der Waals surface area contributed by atoms with Gasteiger partial charge in [0, 0.05) is 13.0 Å². The Morgan fingerprint density at radius 1 is 1.03 bits per heavy atom. The van der Waals surface area contributed by atoms with Gasteiger partial charge in [-0.05, 0) is 24.0 Å². The third-order valence-corrected chi connectivity index (χ3v) is 4.89. The highest BCUT2D eigenvalue weighted by atomic mass is 16.6. The fourth-order valence-corrected chi connectivity index (χ4v) is 3.38. The van der Waals surface area contributed by atoms with Gasteiger partial charge in [-0.3, -0.25) is 9.69 Å². The molecule has 29 heavy (non-hydrogen) atoms. The summed E-state index contributed by atoms with van der Waals surface area (Å²) in [5, 5.41) is 12.1. The highest BCUT2D eigenvalue weighted by molar-refractivity contribution is 5.89. The SMILES string of the molecule is O=C(O)[C@H](Cc1ccccc1)NC(=O)[C@H]1CCCN1C(=O)OCc1ccccc1. The van der Waals surface area contributed by atoms with Crippen LogP contribution in [0.25, 0.3) is 0 Å². The van der Waals surface area contributed by atoms with Crippen molar-refractivity contribution < 1.29 is 24.2 Å². The van der Waals surface area contributed by atoms with Crippen molar-refractivity contribution in [2.45, 2.75) is 38.0 Å². The van der Waals surface area contributed by atoms with Crippen molar-refractivity contribution in [1.29, 1.82) is 0 Å². The summed E-state index contributed by atoms with van der Waals surface area (Å²) < 4.78 is 5.33. The van der Waals surface area contributed by atoms with Crippen LogP contribution in [0.1, 0.15) is 24.0 Å². The van der Waals surface area contributed by atoms with E-state index in [1.807, 2.05) is 60.7 Å². The smallest absolute Gasteiger partial charge is 0.410 e. The fraction of sp³-hybridized carbons (Fsp3) is 0.318. The number of likely N-dealkylation sites (tertiary alicyclic amines) is 1. The van der Waals surface area contributed by atoms with Gasteiger partial charge < -0.3 is 15.2 Å². The number of benzene rings is 2. The lowest BCUT2D eigenvalue weighted by atomic mass is 10.1. The molecule has 2 N–H and O–H groups in total. The Balaban J connectivity index is 1.59. The Morgan fingerprint density at radius 2 is 1.66 bits per heavy atom. The van der Waals surface area contributed by atoms with Crippen LogP contribution in [0.2, 0.25) is 0 Å². The van der Waals surface area contributed by atoms with Crippen molar-refractivity contribution in [1.82, 2.24) is 10.2 Å². The molecule has 0 bridgehead atoms. The third kappa shape index (κ3) is 5.57. The number of carbonyl (C=O) groups is 3. The fourth-order valence-electron chi connectivity index (χ4n) is 3.38. The van der Waals surface area contributed by atoms with Crippen LogP contribution in [-0.2, 0) is 27.4 Å². The molecule has 0 aromatic heterocycles. The molecule has 0 saturated carbocycles. The molecule has 1 aliphatic rings. The molecule has 2 aromatic carbocycles. The van der Waals surface area contributed by atoms with Crippen molar-refractivity contribution in [3.05, 3.63) is 71.8 Å². The minimum absolute atomic E-state index is 0.121. The Hall–Kier alpha value is -3.35. The molecule has 7 heteroatoms. The van der Waals surface area contributed by atoms with Crippen LogP contribution in [0.4, 0.5) is 4.79 Å². The van der Waals surface area contributed by atoms with Crippen LogP contribution in [0.5, 0.6) is 0 Å². The van der Waals surface area contributed by atoms with E-state index in [4.69, 9.17) is 4.74 Å². The second-order valence-electron chi connectivity index (χ2n) is 6.98. The first kappa shape index (κ1) is 20.4. The van der Waals surface area contributed by atoms with Gasteiger partial charge in [0.1, 0.15) is 18.7 Å². The predicted octanol–water partition coefficient (Wildman–Crippen LogP) is 2.60. The number of amides is 2. The Kier molecular flexibility index (Phi) is 6.84. The first-order chi connectivity index (χ1) is 14.0. The van der Waals surface area contributed by atoms with Crippen LogP contribution in [0.3, 0.4) is 0 Å². The highest BCUT2D eigenvalue weighted by Gasteiger charge is 2.36. The monoisotopic (exact) mass is 396 g/mol. The molecule has 1 heterocycles. The molecular weight excluding hydrogens is 372 g/mol. The van der Waals surface area contributed by atoms with Gasteiger partial charge >= 0.3 is 12.1 Å². The van der Waals surface area contributed by atoms with E-state index in [1.165, 1.54) is 4.90 Å². The molecule has 1 saturated heterocycles. The van der Waals surface area contributed by atoms with E-state index < -0.39 is 30.1 Å². The van der Waals surface area contributed by atoms with Gasteiger partial charge in [0.15, 0.2) is 0 Å². The number of hydrogen-bond donors (Lipinski definition) is 2. The molecule has 152 valence electrons. The van der Waals surface area contributed by atoms with Crippen molar-refractivity contribution in [2.24, 2.45) is 0 Å². The zero-order chi connectivity index (χ0) is 20.6. The summed E-state index contributed by atoms with van der Waals surface area (Å²) in [5.41, 5.74) is 1.67. The molecule has 0 spiro atoms. The van der Waals surface area contributed by atoms with Crippen molar-refractivity contribution in [3.8, 4) is 0 Å². The van der Waals surface area contributed by atoms with Crippen LogP contribution < -0.4 is 5.32 Å². The number of carboxylic acids is 1. The Bertz CT molecular complexity index is 841. The second kappa shape index (κ2) is 9.73. The van der Waals surface area contributed by atoms with Gasteiger partial charge in [-0.1, -0.05) is 60.7 Å². The Morgan fingerprint density at radius 3 is 2.28 bits per heavy atom. The molecule has 0 radical (unpaired) electrons. The summed E-state index contributed by atoms with van der Waals surface area (Å²) in [5.74, 6) is -1.58. The molecule has 2 atom stereocenters. The first-order valence-corrected chi connectivity index (χ1v) is 9.59. The summed E-state index contributed by atoms with van der Waals surface area (Å²) in [6.07, 6.45) is 0.743. The zero-order valence-electron chi connectivity index (χ0n) is 16.0. The minimum atomic E-state index is -1.11. The lowest BCUT2D eigenvalue weighted by molar-refractivity contribution is -0.142. The average molecular weight is 396 g/mol. The first-order valence-electron chi connectivity index (χ1n) is 9.59. The van der Waals surface area contributed by atoms with E-state index in [9.17, 15) is 19.5 Å². The normalized spacial score (nSPS) is 16.8. The maximum atomic E-state index is 12.7. The zero-order valence-corrected chi connectivity index (χ0v) is 16.0. The van der Waals surface area contributed by atoms with Crippen LogP contribution in [0.15, 0.2) is 60.7 Å². The van der Waals surface area contributed by atoms with Crippen molar-refractivity contribution in [2.75, 3.05) is 6.54 Å². The van der Waals surface area contributed by atoms with Gasteiger partial charge in [0.2, 0.25) is 5.91 Å². The number of rotatable bonds is 7. The maximum Gasteiger partial charge on any atom is 0.410 e. The molecule has 3 rings (SSSR count). The number of nitrogens with one attached hydrogen (secondary N) is 1. The van der Waals surface area contributed by atoms with Gasteiger partial charge in [0.25, 0.3) is 0 Å². The summed E-state index contributed by atoms with van der Waals surface area (Å²) in [6, 6.07) is 16.6. The van der Waals surface area contributed by atoms with E-state index in [1.54, 1.807) is 0 Å². The number of carbonyl (C=O) groups excluding carboxylic acids is 2. The molecule has 2 amide bonds. The number of carboxylic acid groups (broad SMARTS) is 1. The van der Waals surface area contributed by atoms with Gasteiger partial charge in [-0.25, -0.2) is 9.59 Å². The van der Waals surface area contributed by atoms with Crippen LogP contribution in [-0.4, -0.2) is 46.6 Å². The highest BCUT2D eigenvalue weighted by Crippen LogP contribution is 2.19. The van der Waals surface area contributed by atoms with E-state index in [0.717, 1.165) is 11.1 Å². The van der Waals surface area contributed by atoms with E-state index in [-0.39, 0.29) is 13.0 Å². The molecule has 7 nitrogen and oxygen atoms in total. The third-order valence-electron chi connectivity index (χ3n) is 4.89. The molecule has 0 unspecified atom stereocenters. The lowest BCUT2D eigenvalue weighted by Crippen LogP contribution is -2.51. The predicted molar refractivity (Wildman–Crippen MR) is 106 cm³/mol. The lowest BCUT2D eigenvalue weighted by Gasteiger charge is -2.25. The van der Waals surface area contributed by atoms with Gasteiger partial charge in [-0.15, -0.1) is 0 Å². The summed E-state index contributed by atoms with van der Waals surface area (Å²) in [6.45, 7) is 0.526. The Labute approximate surface area is 169 Å². The van der Waals surface area contributed by atoms with Gasteiger partial charge in [-0.2, -0.15) is 0 Å². The molecule has 0 aliphatic carbocycles. The average Bonchev–Trinajstić information content (AvgIpc) is 3.23. The number of aliphatic carboxylic acids is 1. The minimum Gasteiger partial charge on any atom is -0.480 e. The molecular formula is C22H24N2O5. The van der Waals surface area contributed by atoms with Crippen molar-refractivity contribution in [3.63, 3.8) is 0 Å². The number of ether oxygens (including phenoxy) is 1. The van der Waals surface area contributed by atoms with E-state index in [2.05, 4.69) is 5.32 Å². The topological polar surface area (TPSA) is 95.9 Å². The van der Waals surface area contributed by atoms with Crippen LogP contribution >= 0.6 is 0 Å². The second-order valence-corrected chi connectivity index (χ2v) is 6.98.